The highest BCUT2D eigenvalue weighted by atomic mass is 16.3. The number of likely N-dealkylation sites (tertiary alicyclic amines) is 1. The molecule has 0 saturated carbocycles. The third-order valence-corrected chi connectivity index (χ3v) is 3.79. The molecule has 0 bridgehead atoms. The third-order valence-electron chi connectivity index (χ3n) is 3.79. The monoisotopic (exact) mass is 282 g/mol. The Morgan fingerprint density at radius 2 is 2.29 bits per heavy atom. The molecule has 3 rings (SSSR count). The molecular weight excluding hydrogens is 264 g/mol. The lowest BCUT2D eigenvalue weighted by molar-refractivity contribution is -0.129. The van der Waals surface area contributed by atoms with E-state index in [1.807, 2.05) is 35.4 Å². The highest BCUT2D eigenvalue weighted by molar-refractivity contribution is 5.91. The fourth-order valence-electron chi connectivity index (χ4n) is 2.75. The van der Waals surface area contributed by atoms with Crippen molar-refractivity contribution in [3.63, 3.8) is 0 Å². The van der Waals surface area contributed by atoms with Crippen LogP contribution in [0.15, 0.2) is 53.4 Å². The average molecular weight is 282 g/mol. The molecule has 0 N–H and O–H groups in total. The van der Waals surface area contributed by atoms with Gasteiger partial charge in [-0.25, -0.2) is 0 Å². The summed E-state index contributed by atoms with van der Waals surface area (Å²) in [4.78, 5) is 18.6. The summed E-state index contributed by atoms with van der Waals surface area (Å²) in [6.45, 7) is 0.793. The summed E-state index contributed by atoms with van der Waals surface area (Å²) in [6, 6.07) is 7.73. The quantitative estimate of drug-likeness (QED) is 0.810. The van der Waals surface area contributed by atoms with Crippen molar-refractivity contribution in [2.24, 2.45) is 0 Å². The second-order valence-electron chi connectivity index (χ2n) is 5.18. The van der Waals surface area contributed by atoms with Gasteiger partial charge in [-0.3, -0.25) is 9.78 Å². The molecule has 1 aliphatic rings. The van der Waals surface area contributed by atoms with Gasteiger partial charge in [0.25, 0.3) is 0 Å². The van der Waals surface area contributed by atoms with Gasteiger partial charge in [0.1, 0.15) is 5.76 Å². The van der Waals surface area contributed by atoms with Crippen LogP contribution >= 0.6 is 0 Å². The first kappa shape index (κ1) is 13.6. The summed E-state index contributed by atoms with van der Waals surface area (Å²) in [6.07, 6.45) is 11.7. The molecular formula is C17H18N2O2. The van der Waals surface area contributed by atoms with Crippen LogP contribution in [0, 0.1) is 0 Å². The largest absolute Gasteiger partial charge is 0.465 e. The van der Waals surface area contributed by atoms with E-state index in [1.54, 1.807) is 24.6 Å². The Balaban J connectivity index is 1.76. The summed E-state index contributed by atoms with van der Waals surface area (Å²) in [5.41, 5.74) is 1.11. The van der Waals surface area contributed by atoms with Crippen molar-refractivity contribution in [2.45, 2.75) is 25.3 Å². The van der Waals surface area contributed by atoms with Gasteiger partial charge >= 0.3 is 0 Å². The predicted molar refractivity (Wildman–Crippen MR) is 80.3 cm³/mol. The number of amides is 1. The molecule has 108 valence electrons. The molecule has 1 fully saturated rings. The summed E-state index contributed by atoms with van der Waals surface area (Å²) >= 11 is 0. The Morgan fingerprint density at radius 1 is 1.33 bits per heavy atom. The Kier molecular flexibility index (Phi) is 4.15. The van der Waals surface area contributed by atoms with Gasteiger partial charge in [0.2, 0.25) is 5.91 Å². The van der Waals surface area contributed by atoms with Gasteiger partial charge < -0.3 is 9.32 Å². The topological polar surface area (TPSA) is 46.3 Å². The standard InChI is InChI=1S/C17H18N2O2/c20-17(9-8-15-6-4-12-21-15)19-11-2-1-7-16(19)14-5-3-10-18-13-14/h3-6,8-10,12-13,16H,1-2,7,11H2/b9-8+/t16-/m0/s1. The molecule has 4 nitrogen and oxygen atoms in total. The van der Waals surface area contributed by atoms with Crippen LogP contribution in [0.4, 0.5) is 0 Å². The lowest BCUT2D eigenvalue weighted by Crippen LogP contribution is -2.37. The molecule has 2 aromatic rings. The Morgan fingerprint density at radius 3 is 3.05 bits per heavy atom. The number of rotatable bonds is 3. The first-order chi connectivity index (χ1) is 10.3. The second kappa shape index (κ2) is 6.39. The summed E-state index contributed by atoms with van der Waals surface area (Å²) in [7, 11) is 0. The number of pyridine rings is 1. The fraction of sp³-hybridized carbons (Fsp3) is 0.294. The normalized spacial score (nSPS) is 19.0. The van der Waals surface area contributed by atoms with Gasteiger partial charge in [0.05, 0.1) is 12.3 Å². The maximum Gasteiger partial charge on any atom is 0.247 e. The van der Waals surface area contributed by atoms with Crippen molar-refractivity contribution in [2.75, 3.05) is 6.54 Å². The van der Waals surface area contributed by atoms with Gasteiger partial charge in [-0.1, -0.05) is 6.07 Å². The van der Waals surface area contributed by atoms with Gasteiger partial charge in [-0.15, -0.1) is 0 Å². The number of furan rings is 1. The van der Waals surface area contributed by atoms with Gasteiger partial charge in [0.15, 0.2) is 0 Å². The minimum atomic E-state index is 0.0277. The highest BCUT2D eigenvalue weighted by Gasteiger charge is 2.26. The third kappa shape index (κ3) is 3.21. The van der Waals surface area contributed by atoms with Crippen molar-refractivity contribution in [1.82, 2.24) is 9.88 Å². The number of nitrogens with zero attached hydrogens (tertiary/aromatic N) is 2. The van der Waals surface area contributed by atoms with Gasteiger partial charge in [0, 0.05) is 25.0 Å². The van der Waals surface area contributed by atoms with Crippen LogP contribution in [0.5, 0.6) is 0 Å². The molecule has 0 aromatic carbocycles. The van der Waals surface area contributed by atoms with E-state index in [9.17, 15) is 4.79 Å². The van der Waals surface area contributed by atoms with Crippen LogP contribution in [0.2, 0.25) is 0 Å². The smallest absolute Gasteiger partial charge is 0.247 e. The lowest BCUT2D eigenvalue weighted by Gasteiger charge is -2.35. The van der Waals surface area contributed by atoms with Crippen molar-refractivity contribution in [3.05, 3.63) is 60.3 Å². The Bertz CT molecular complexity index is 605. The minimum Gasteiger partial charge on any atom is -0.465 e. The predicted octanol–water partition coefficient (Wildman–Crippen LogP) is 3.44. The van der Waals surface area contributed by atoms with Crippen LogP contribution in [-0.4, -0.2) is 22.3 Å². The van der Waals surface area contributed by atoms with Crippen LogP contribution < -0.4 is 0 Å². The minimum absolute atomic E-state index is 0.0277. The van der Waals surface area contributed by atoms with E-state index < -0.39 is 0 Å². The number of hydrogen-bond acceptors (Lipinski definition) is 3. The van der Waals surface area contributed by atoms with Crippen molar-refractivity contribution in [1.29, 1.82) is 0 Å². The molecule has 21 heavy (non-hydrogen) atoms. The summed E-state index contributed by atoms with van der Waals surface area (Å²) in [5.74, 6) is 0.721. The van der Waals surface area contributed by atoms with Gasteiger partial charge in [-0.2, -0.15) is 0 Å². The summed E-state index contributed by atoms with van der Waals surface area (Å²) < 4.78 is 5.22. The molecule has 0 radical (unpaired) electrons. The number of aromatic nitrogens is 1. The average Bonchev–Trinajstić information content (AvgIpc) is 3.07. The molecule has 1 aliphatic heterocycles. The first-order valence-corrected chi connectivity index (χ1v) is 7.27. The lowest BCUT2D eigenvalue weighted by atomic mass is 9.96. The molecule has 1 atom stereocenters. The second-order valence-corrected chi connectivity index (χ2v) is 5.18. The zero-order valence-corrected chi connectivity index (χ0v) is 11.8. The van der Waals surface area contributed by atoms with Crippen molar-refractivity contribution < 1.29 is 9.21 Å². The zero-order chi connectivity index (χ0) is 14.5. The maximum atomic E-state index is 12.5. The van der Waals surface area contributed by atoms with E-state index >= 15 is 0 Å². The van der Waals surface area contributed by atoms with Crippen LogP contribution in [0.25, 0.3) is 6.08 Å². The number of carbonyl (C=O) groups excluding carboxylic acids is 1. The van der Waals surface area contributed by atoms with Crippen molar-refractivity contribution >= 4 is 12.0 Å². The van der Waals surface area contributed by atoms with E-state index in [4.69, 9.17) is 4.42 Å². The molecule has 1 saturated heterocycles. The van der Waals surface area contributed by atoms with E-state index in [0.29, 0.717) is 5.76 Å². The molecule has 0 aliphatic carbocycles. The SMILES string of the molecule is O=C(/C=C/c1ccco1)N1CCCC[C@H]1c1cccnc1. The molecule has 2 aromatic heterocycles. The Labute approximate surface area is 124 Å². The molecule has 1 amide bonds. The Hall–Kier alpha value is -2.36. The number of piperidine rings is 1. The van der Waals surface area contributed by atoms with E-state index in [1.165, 1.54) is 0 Å². The van der Waals surface area contributed by atoms with Gasteiger partial charge in [-0.05, 0) is 49.1 Å². The summed E-state index contributed by atoms with van der Waals surface area (Å²) in [5, 5.41) is 0. The molecule has 3 heterocycles. The van der Waals surface area contributed by atoms with Crippen LogP contribution in [-0.2, 0) is 4.79 Å². The highest BCUT2D eigenvalue weighted by Crippen LogP contribution is 2.30. The molecule has 0 unspecified atom stereocenters. The molecule has 4 heteroatoms. The molecule has 0 spiro atoms. The zero-order valence-electron chi connectivity index (χ0n) is 11.8. The van der Waals surface area contributed by atoms with E-state index in [-0.39, 0.29) is 11.9 Å². The van der Waals surface area contributed by atoms with Crippen molar-refractivity contribution in [3.8, 4) is 0 Å². The van der Waals surface area contributed by atoms with E-state index in [2.05, 4.69) is 4.98 Å². The van der Waals surface area contributed by atoms with Crippen LogP contribution in [0.3, 0.4) is 0 Å². The first-order valence-electron chi connectivity index (χ1n) is 7.27. The maximum absolute atomic E-state index is 12.5. The number of carbonyl (C=O) groups is 1. The fourth-order valence-corrected chi connectivity index (χ4v) is 2.75. The number of hydrogen-bond donors (Lipinski definition) is 0. The van der Waals surface area contributed by atoms with E-state index in [0.717, 1.165) is 31.4 Å². The van der Waals surface area contributed by atoms with Crippen LogP contribution in [0.1, 0.15) is 36.6 Å².